The summed E-state index contributed by atoms with van der Waals surface area (Å²) in [4.78, 5) is 16.7. The molecule has 2 heterocycles. The number of carbonyl (C=O) groups is 1. The Morgan fingerprint density at radius 1 is 1.47 bits per heavy atom. The molecule has 0 amide bonds. The number of aromatic carboxylic acids is 1. The van der Waals surface area contributed by atoms with E-state index in [4.69, 9.17) is 4.74 Å². The normalized spacial score (nSPS) is 13.3. The Balaban J connectivity index is 1.88. The topological polar surface area (TPSA) is 59.4 Å². The van der Waals surface area contributed by atoms with Gasteiger partial charge in [-0.3, -0.25) is 0 Å². The molecule has 0 aromatic carbocycles. The number of fused-ring (bicyclic) bond motifs is 1. The van der Waals surface area contributed by atoms with Gasteiger partial charge in [0.25, 0.3) is 0 Å². The second kappa shape index (κ2) is 5.01. The number of ether oxygens (including phenoxy) is 1. The van der Waals surface area contributed by atoms with Gasteiger partial charge in [-0.25, -0.2) is 9.78 Å². The van der Waals surface area contributed by atoms with Gasteiger partial charge >= 0.3 is 5.97 Å². The Bertz CT molecular complexity index is 607. The number of carboxylic acids is 1. The first kappa shape index (κ1) is 12.2. The summed E-state index contributed by atoms with van der Waals surface area (Å²) in [6, 6.07) is 5.61. The summed E-state index contributed by atoms with van der Waals surface area (Å²) in [5.74, 6) is -0.745. The van der Waals surface area contributed by atoms with Gasteiger partial charge in [0.05, 0.1) is 0 Å². The highest BCUT2D eigenvalue weighted by atomic mass is 32.1. The smallest absolute Gasteiger partial charge is 0.341 e. The lowest BCUT2D eigenvalue weighted by molar-refractivity contribution is 0.0690. The van der Waals surface area contributed by atoms with Crippen LogP contribution in [0.1, 0.15) is 32.9 Å². The van der Waals surface area contributed by atoms with Crippen molar-refractivity contribution in [3.63, 3.8) is 0 Å². The minimum atomic E-state index is -0.983. The number of pyridine rings is 1. The number of carboxylic acid groups (broad SMARTS) is 1. The van der Waals surface area contributed by atoms with Crippen molar-refractivity contribution in [2.45, 2.75) is 25.9 Å². The Morgan fingerprint density at radius 2 is 2.37 bits per heavy atom. The van der Waals surface area contributed by atoms with E-state index < -0.39 is 5.97 Å². The van der Waals surface area contributed by atoms with Crippen molar-refractivity contribution in [2.75, 3.05) is 0 Å². The first-order valence-electron chi connectivity index (χ1n) is 6.15. The van der Waals surface area contributed by atoms with E-state index in [1.54, 1.807) is 17.4 Å². The third-order valence-corrected chi connectivity index (χ3v) is 4.03. The predicted molar refractivity (Wildman–Crippen MR) is 71.9 cm³/mol. The van der Waals surface area contributed by atoms with Gasteiger partial charge in [-0.15, -0.1) is 11.3 Å². The fourth-order valence-electron chi connectivity index (χ4n) is 2.25. The Labute approximate surface area is 114 Å². The molecule has 0 spiro atoms. The van der Waals surface area contributed by atoms with Crippen LogP contribution in [0.2, 0.25) is 0 Å². The summed E-state index contributed by atoms with van der Waals surface area (Å²) in [5, 5.41) is 11.2. The average Bonchev–Trinajstić information content (AvgIpc) is 3.05. The predicted octanol–water partition coefficient (Wildman–Crippen LogP) is 2.91. The molecule has 0 fully saturated rings. The summed E-state index contributed by atoms with van der Waals surface area (Å²) < 4.78 is 5.59. The van der Waals surface area contributed by atoms with Crippen LogP contribution < -0.4 is 4.74 Å². The van der Waals surface area contributed by atoms with Gasteiger partial charge in [-0.1, -0.05) is 6.07 Å². The van der Waals surface area contributed by atoms with E-state index >= 15 is 0 Å². The van der Waals surface area contributed by atoms with E-state index in [0.717, 1.165) is 35.4 Å². The molecule has 0 radical (unpaired) electrons. The zero-order chi connectivity index (χ0) is 13.2. The van der Waals surface area contributed by atoms with Crippen LogP contribution in [0.15, 0.2) is 23.6 Å². The molecule has 2 aromatic rings. The molecule has 1 aliphatic carbocycles. The average molecular weight is 275 g/mol. The lowest BCUT2D eigenvalue weighted by Gasteiger charge is -2.09. The molecule has 2 aromatic heterocycles. The molecule has 0 saturated carbocycles. The van der Waals surface area contributed by atoms with Crippen molar-refractivity contribution < 1.29 is 14.6 Å². The minimum absolute atomic E-state index is 0.164. The van der Waals surface area contributed by atoms with Crippen molar-refractivity contribution in [1.82, 2.24) is 4.98 Å². The van der Waals surface area contributed by atoms with Crippen molar-refractivity contribution in [2.24, 2.45) is 0 Å². The third-order valence-electron chi connectivity index (χ3n) is 3.18. The Hall–Kier alpha value is -1.88. The summed E-state index contributed by atoms with van der Waals surface area (Å²) >= 11 is 1.58. The minimum Gasteiger partial charge on any atom is -0.477 e. The molecule has 19 heavy (non-hydrogen) atoms. The lowest BCUT2D eigenvalue weighted by atomic mass is 10.1. The van der Waals surface area contributed by atoms with E-state index in [-0.39, 0.29) is 11.4 Å². The largest absolute Gasteiger partial charge is 0.477 e. The molecule has 1 aliphatic rings. The molecule has 0 bridgehead atoms. The van der Waals surface area contributed by atoms with E-state index in [9.17, 15) is 9.90 Å². The molecule has 4 nitrogen and oxygen atoms in total. The van der Waals surface area contributed by atoms with Gasteiger partial charge in [-0.05, 0) is 42.3 Å². The standard InChI is InChI=1S/C14H13NO3S/c16-14(17)11-7-9-3-1-5-12(9)15-13(11)18-8-10-4-2-6-19-10/h2,4,6-7H,1,3,5,8H2,(H,16,17). The summed E-state index contributed by atoms with van der Waals surface area (Å²) in [6.45, 7) is 0.365. The van der Waals surface area contributed by atoms with E-state index in [1.165, 1.54) is 0 Å². The summed E-state index contributed by atoms with van der Waals surface area (Å²) in [6.07, 6.45) is 2.86. The van der Waals surface area contributed by atoms with Crippen LogP contribution in [0.4, 0.5) is 0 Å². The number of thiophene rings is 1. The van der Waals surface area contributed by atoms with Gasteiger partial charge in [0.1, 0.15) is 12.2 Å². The fourth-order valence-corrected chi connectivity index (χ4v) is 2.87. The highest BCUT2D eigenvalue weighted by Gasteiger charge is 2.20. The van der Waals surface area contributed by atoms with Crippen molar-refractivity contribution in [1.29, 1.82) is 0 Å². The van der Waals surface area contributed by atoms with Crippen LogP contribution in [-0.2, 0) is 19.4 Å². The molecule has 98 valence electrons. The zero-order valence-electron chi connectivity index (χ0n) is 10.3. The highest BCUT2D eigenvalue weighted by Crippen LogP contribution is 2.27. The monoisotopic (exact) mass is 275 g/mol. The lowest BCUT2D eigenvalue weighted by Crippen LogP contribution is -2.07. The van der Waals surface area contributed by atoms with Gasteiger partial charge in [0.2, 0.25) is 5.88 Å². The Kier molecular flexibility index (Phi) is 3.21. The Morgan fingerprint density at radius 3 is 3.11 bits per heavy atom. The van der Waals surface area contributed by atoms with E-state index in [0.29, 0.717) is 6.61 Å². The molecule has 0 atom stereocenters. The quantitative estimate of drug-likeness (QED) is 0.932. The van der Waals surface area contributed by atoms with Crippen LogP contribution in [0, 0.1) is 0 Å². The van der Waals surface area contributed by atoms with E-state index in [1.807, 2.05) is 17.5 Å². The fraction of sp³-hybridized carbons (Fsp3) is 0.286. The number of aromatic nitrogens is 1. The van der Waals surface area contributed by atoms with Crippen LogP contribution >= 0.6 is 11.3 Å². The van der Waals surface area contributed by atoms with Crippen molar-refractivity contribution in [3.05, 3.63) is 45.3 Å². The van der Waals surface area contributed by atoms with E-state index in [2.05, 4.69) is 4.98 Å². The first-order chi connectivity index (χ1) is 9.24. The zero-order valence-corrected chi connectivity index (χ0v) is 11.1. The summed E-state index contributed by atoms with van der Waals surface area (Å²) in [5.41, 5.74) is 2.18. The number of rotatable bonds is 4. The maximum absolute atomic E-state index is 11.3. The second-order valence-electron chi connectivity index (χ2n) is 4.47. The maximum atomic E-state index is 11.3. The van der Waals surface area contributed by atoms with Gasteiger partial charge < -0.3 is 9.84 Å². The molecule has 0 unspecified atom stereocenters. The molecule has 1 N–H and O–H groups in total. The molecule has 0 aliphatic heterocycles. The molecular formula is C14H13NO3S. The van der Waals surface area contributed by atoms with Crippen LogP contribution in [0.3, 0.4) is 0 Å². The van der Waals surface area contributed by atoms with Gasteiger partial charge in [-0.2, -0.15) is 0 Å². The molecule has 3 rings (SSSR count). The number of hydrogen-bond donors (Lipinski definition) is 1. The van der Waals surface area contributed by atoms with Gasteiger partial charge in [0, 0.05) is 10.6 Å². The van der Waals surface area contributed by atoms with Crippen LogP contribution in [-0.4, -0.2) is 16.1 Å². The van der Waals surface area contributed by atoms with Gasteiger partial charge in [0.15, 0.2) is 0 Å². The highest BCUT2D eigenvalue weighted by molar-refractivity contribution is 7.09. The van der Waals surface area contributed by atoms with Crippen LogP contribution in [0.5, 0.6) is 5.88 Å². The SMILES string of the molecule is O=C(O)c1cc2c(nc1OCc1cccs1)CCC2. The number of nitrogens with zero attached hydrogens (tertiary/aromatic N) is 1. The molecule has 5 heteroatoms. The third kappa shape index (κ3) is 2.46. The second-order valence-corrected chi connectivity index (χ2v) is 5.51. The summed E-state index contributed by atoms with van der Waals surface area (Å²) in [7, 11) is 0. The molecular weight excluding hydrogens is 262 g/mol. The van der Waals surface area contributed by atoms with Crippen molar-refractivity contribution in [3.8, 4) is 5.88 Å². The number of hydrogen-bond acceptors (Lipinski definition) is 4. The van der Waals surface area contributed by atoms with Crippen LogP contribution in [0.25, 0.3) is 0 Å². The molecule has 0 saturated heterocycles. The maximum Gasteiger partial charge on any atom is 0.341 e. The number of aryl methyl sites for hydroxylation is 2. The van der Waals surface area contributed by atoms with Crippen molar-refractivity contribution >= 4 is 17.3 Å². The first-order valence-corrected chi connectivity index (χ1v) is 7.03.